The third-order valence-corrected chi connectivity index (χ3v) is 3.71. The Morgan fingerprint density at radius 3 is 2.68 bits per heavy atom. The van der Waals surface area contributed by atoms with Crippen LogP contribution in [0.3, 0.4) is 0 Å². The van der Waals surface area contributed by atoms with E-state index in [9.17, 15) is 9.59 Å². The van der Waals surface area contributed by atoms with E-state index in [4.69, 9.17) is 5.11 Å². The van der Waals surface area contributed by atoms with Crippen LogP contribution in [0.5, 0.6) is 0 Å². The highest BCUT2D eigenvalue weighted by Crippen LogP contribution is 2.18. The van der Waals surface area contributed by atoms with Crippen molar-refractivity contribution in [3.05, 3.63) is 42.0 Å². The Kier molecular flexibility index (Phi) is 5.72. The van der Waals surface area contributed by atoms with E-state index < -0.39 is 11.8 Å². The van der Waals surface area contributed by atoms with Crippen molar-refractivity contribution in [3.63, 3.8) is 0 Å². The molecule has 118 valence electrons. The smallest absolute Gasteiger partial charge is 0.313 e. The van der Waals surface area contributed by atoms with Gasteiger partial charge in [0.15, 0.2) is 0 Å². The van der Waals surface area contributed by atoms with E-state index in [-0.39, 0.29) is 18.6 Å². The molecule has 0 aromatic heterocycles. The Balaban J connectivity index is 1.92. The normalized spacial score (nSPS) is 19.9. The van der Waals surface area contributed by atoms with Crippen LogP contribution in [-0.4, -0.2) is 29.6 Å². The molecule has 2 amide bonds. The maximum absolute atomic E-state index is 12.0. The largest absolute Gasteiger partial charge is 0.396 e. The van der Waals surface area contributed by atoms with Crippen molar-refractivity contribution in [3.8, 4) is 0 Å². The zero-order valence-corrected chi connectivity index (χ0v) is 12.7. The molecule has 0 fully saturated rings. The molecule has 3 N–H and O–H groups in total. The first kappa shape index (κ1) is 16.2. The molecular weight excluding hydrogens is 280 g/mol. The number of nitrogens with one attached hydrogen (secondary N) is 2. The van der Waals surface area contributed by atoms with Crippen LogP contribution >= 0.6 is 0 Å². The van der Waals surface area contributed by atoms with Gasteiger partial charge >= 0.3 is 11.8 Å². The summed E-state index contributed by atoms with van der Waals surface area (Å²) in [6.07, 6.45) is 6.12. The van der Waals surface area contributed by atoms with E-state index in [0.29, 0.717) is 12.1 Å². The van der Waals surface area contributed by atoms with Gasteiger partial charge in [-0.25, -0.2) is 0 Å². The lowest BCUT2D eigenvalue weighted by molar-refractivity contribution is -0.136. The molecule has 1 aromatic rings. The highest BCUT2D eigenvalue weighted by molar-refractivity contribution is 6.39. The predicted octanol–water partition coefficient (Wildman–Crippen LogP) is 1.63. The van der Waals surface area contributed by atoms with E-state index in [2.05, 4.69) is 17.6 Å². The van der Waals surface area contributed by atoms with Crippen LogP contribution < -0.4 is 10.6 Å². The van der Waals surface area contributed by atoms with Gasteiger partial charge in [-0.2, -0.15) is 0 Å². The maximum atomic E-state index is 12.0. The molecule has 5 nitrogen and oxygen atoms in total. The van der Waals surface area contributed by atoms with Crippen molar-refractivity contribution in [1.82, 2.24) is 5.32 Å². The molecule has 0 heterocycles. The minimum absolute atomic E-state index is 0.0543. The molecule has 0 unspecified atom stereocenters. The van der Waals surface area contributed by atoms with Crippen molar-refractivity contribution in [1.29, 1.82) is 0 Å². The van der Waals surface area contributed by atoms with Crippen LogP contribution in [0.2, 0.25) is 0 Å². The number of anilines is 1. The number of rotatable bonds is 5. The molecule has 0 spiro atoms. The Hall–Kier alpha value is -2.14. The number of carbonyl (C=O) groups excluding carboxylic acids is 2. The number of benzene rings is 1. The molecule has 0 radical (unpaired) electrons. The molecule has 5 heteroatoms. The fourth-order valence-corrected chi connectivity index (χ4v) is 2.56. The molecule has 2 rings (SSSR count). The van der Waals surface area contributed by atoms with Gasteiger partial charge in [-0.05, 0) is 24.5 Å². The summed E-state index contributed by atoms with van der Waals surface area (Å²) in [7, 11) is 0. The van der Waals surface area contributed by atoms with Crippen molar-refractivity contribution in [2.75, 3.05) is 11.9 Å². The van der Waals surface area contributed by atoms with Crippen molar-refractivity contribution >= 4 is 17.5 Å². The minimum Gasteiger partial charge on any atom is -0.396 e. The predicted molar refractivity (Wildman–Crippen MR) is 85.3 cm³/mol. The average Bonchev–Trinajstić information content (AvgIpc) is 2.97. The van der Waals surface area contributed by atoms with E-state index >= 15 is 0 Å². The fraction of sp³-hybridized carbons (Fsp3) is 0.412. The lowest BCUT2D eigenvalue weighted by Crippen LogP contribution is -2.40. The van der Waals surface area contributed by atoms with Gasteiger partial charge in [-0.3, -0.25) is 9.59 Å². The highest BCUT2D eigenvalue weighted by Gasteiger charge is 2.23. The topological polar surface area (TPSA) is 78.4 Å². The van der Waals surface area contributed by atoms with Gasteiger partial charge in [0.05, 0.1) is 0 Å². The zero-order chi connectivity index (χ0) is 15.9. The molecule has 0 saturated carbocycles. The lowest BCUT2D eigenvalue weighted by Gasteiger charge is -2.14. The number of hydrogen-bond donors (Lipinski definition) is 3. The first-order chi connectivity index (χ1) is 10.6. The number of aliphatic hydroxyl groups is 1. The second kappa shape index (κ2) is 7.75. The molecule has 0 bridgehead atoms. The molecule has 1 aliphatic carbocycles. The Labute approximate surface area is 130 Å². The maximum Gasteiger partial charge on any atom is 0.313 e. The van der Waals surface area contributed by atoms with E-state index in [1.54, 1.807) is 6.07 Å². The molecule has 22 heavy (non-hydrogen) atoms. The SMILES string of the molecule is CCCc1ccccc1NC(=O)C(=O)N[C@@H]1C=C[C@H](CO)C1. The zero-order valence-electron chi connectivity index (χ0n) is 12.7. The van der Waals surface area contributed by atoms with Crippen LogP contribution in [0.4, 0.5) is 5.69 Å². The molecule has 1 aromatic carbocycles. The first-order valence-electron chi connectivity index (χ1n) is 7.63. The number of carbonyl (C=O) groups is 2. The van der Waals surface area contributed by atoms with Gasteiger partial charge in [0, 0.05) is 24.3 Å². The average molecular weight is 302 g/mol. The molecule has 2 atom stereocenters. The summed E-state index contributed by atoms with van der Waals surface area (Å²) < 4.78 is 0. The van der Waals surface area contributed by atoms with Gasteiger partial charge < -0.3 is 15.7 Å². The first-order valence-corrected chi connectivity index (χ1v) is 7.63. The van der Waals surface area contributed by atoms with Crippen LogP contribution in [0.25, 0.3) is 0 Å². The lowest BCUT2D eigenvalue weighted by atomic mass is 10.1. The molecule has 0 aliphatic heterocycles. The van der Waals surface area contributed by atoms with E-state index in [1.807, 2.05) is 30.4 Å². The van der Waals surface area contributed by atoms with Crippen molar-refractivity contribution < 1.29 is 14.7 Å². The highest BCUT2D eigenvalue weighted by atomic mass is 16.3. The number of aryl methyl sites for hydroxylation is 1. The Bertz CT molecular complexity index is 569. The quantitative estimate of drug-likeness (QED) is 0.571. The fourth-order valence-electron chi connectivity index (χ4n) is 2.56. The molecule has 1 aliphatic rings. The number of aliphatic hydroxyl groups excluding tert-OH is 1. The summed E-state index contributed by atoms with van der Waals surface area (Å²) in [6, 6.07) is 7.30. The van der Waals surface area contributed by atoms with Crippen LogP contribution in [0.1, 0.15) is 25.3 Å². The van der Waals surface area contributed by atoms with Gasteiger partial charge in [0.2, 0.25) is 0 Å². The van der Waals surface area contributed by atoms with Gasteiger partial charge in [0.25, 0.3) is 0 Å². The monoisotopic (exact) mass is 302 g/mol. The van der Waals surface area contributed by atoms with E-state index in [1.165, 1.54) is 0 Å². The van der Waals surface area contributed by atoms with Crippen LogP contribution in [0, 0.1) is 5.92 Å². The third-order valence-electron chi connectivity index (χ3n) is 3.71. The standard InChI is InChI=1S/C17H22N2O3/c1-2-5-13-6-3-4-7-15(13)19-17(22)16(21)18-14-9-8-12(10-14)11-20/h3-4,6-9,12,14,20H,2,5,10-11H2,1H3,(H,18,21)(H,19,22)/t12-,14+/m0/s1. The number of para-hydroxylation sites is 1. The van der Waals surface area contributed by atoms with Gasteiger partial charge in [-0.15, -0.1) is 0 Å². The summed E-state index contributed by atoms with van der Waals surface area (Å²) in [5.74, 6) is -1.26. The number of hydrogen-bond acceptors (Lipinski definition) is 3. The molecular formula is C17H22N2O3. The van der Waals surface area contributed by atoms with Crippen LogP contribution in [-0.2, 0) is 16.0 Å². The van der Waals surface area contributed by atoms with Crippen molar-refractivity contribution in [2.45, 2.75) is 32.2 Å². The Morgan fingerprint density at radius 2 is 2.00 bits per heavy atom. The van der Waals surface area contributed by atoms with Gasteiger partial charge in [-0.1, -0.05) is 43.7 Å². The van der Waals surface area contributed by atoms with Crippen LogP contribution in [0.15, 0.2) is 36.4 Å². The Morgan fingerprint density at radius 1 is 1.23 bits per heavy atom. The second-order valence-electron chi connectivity index (χ2n) is 5.50. The summed E-state index contributed by atoms with van der Waals surface area (Å²) in [5.41, 5.74) is 1.70. The minimum atomic E-state index is -0.663. The molecule has 0 saturated heterocycles. The summed E-state index contributed by atoms with van der Waals surface area (Å²) in [4.78, 5) is 24.0. The third kappa shape index (κ3) is 4.18. The summed E-state index contributed by atoms with van der Waals surface area (Å²) in [6.45, 7) is 2.12. The second-order valence-corrected chi connectivity index (χ2v) is 5.50. The number of amides is 2. The van der Waals surface area contributed by atoms with E-state index in [0.717, 1.165) is 18.4 Å². The summed E-state index contributed by atoms with van der Waals surface area (Å²) >= 11 is 0. The van der Waals surface area contributed by atoms with Crippen molar-refractivity contribution in [2.24, 2.45) is 5.92 Å². The summed E-state index contributed by atoms with van der Waals surface area (Å²) in [5, 5.41) is 14.4. The van der Waals surface area contributed by atoms with Gasteiger partial charge in [0.1, 0.15) is 0 Å².